The highest BCUT2D eigenvalue weighted by Crippen LogP contribution is 2.12. The number of benzene rings is 1. The molecule has 0 aliphatic heterocycles. The molecule has 0 aliphatic carbocycles. The fourth-order valence-corrected chi connectivity index (χ4v) is 1.01. The van der Waals surface area contributed by atoms with Crippen molar-refractivity contribution in [1.29, 1.82) is 0 Å². The molecule has 1 radical (unpaired) electrons. The summed E-state index contributed by atoms with van der Waals surface area (Å²) in [4.78, 5) is 10.1. The fraction of sp³-hybridized carbons (Fsp3) is 0.364. The first-order chi connectivity index (χ1) is 6.36. The van der Waals surface area contributed by atoms with Gasteiger partial charge in [-0.2, -0.15) is 0 Å². The van der Waals surface area contributed by atoms with Crippen molar-refractivity contribution in [3.8, 4) is 5.75 Å². The molecule has 0 saturated heterocycles. The Balaban J connectivity index is 2.53. The second-order valence-corrected chi connectivity index (χ2v) is 2.81. The summed E-state index contributed by atoms with van der Waals surface area (Å²) < 4.78 is 5.39. The van der Waals surface area contributed by atoms with Gasteiger partial charge in [0.15, 0.2) is 0 Å². The lowest BCUT2D eigenvalue weighted by Gasteiger charge is -2.03. The molecular weight excluding hydrogens is 164 g/mol. The van der Waals surface area contributed by atoms with Gasteiger partial charge < -0.3 is 4.74 Å². The van der Waals surface area contributed by atoms with Gasteiger partial charge in [-0.15, -0.1) is 0 Å². The highest BCUT2D eigenvalue weighted by molar-refractivity contribution is 5.55. The normalized spacial score (nSPS) is 9.62. The van der Waals surface area contributed by atoms with E-state index in [-0.39, 0.29) is 0 Å². The molecule has 0 saturated carbocycles. The summed E-state index contributed by atoms with van der Waals surface area (Å²) in [5, 5.41) is 0. The third kappa shape index (κ3) is 3.28. The van der Waals surface area contributed by atoms with Crippen LogP contribution in [0.5, 0.6) is 5.75 Å². The Kier molecular flexibility index (Phi) is 4.03. The SMILES string of the molecule is CCCOc1ccc(C[C]=O)cc1. The van der Waals surface area contributed by atoms with E-state index < -0.39 is 0 Å². The maximum absolute atomic E-state index is 10.1. The summed E-state index contributed by atoms with van der Waals surface area (Å²) in [5.41, 5.74) is 0.971. The highest BCUT2D eigenvalue weighted by Gasteiger charge is 1.94. The zero-order chi connectivity index (χ0) is 9.52. The van der Waals surface area contributed by atoms with E-state index in [0.717, 1.165) is 24.3 Å². The van der Waals surface area contributed by atoms with Crippen LogP contribution in [0.3, 0.4) is 0 Å². The molecule has 0 aromatic heterocycles. The third-order valence-corrected chi connectivity index (χ3v) is 1.67. The molecule has 0 atom stereocenters. The lowest BCUT2D eigenvalue weighted by Crippen LogP contribution is -1.95. The van der Waals surface area contributed by atoms with E-state index in [1.54, 1.807) is 0 Å². The number of carbonyl (C=O) groups excluding carboxylic acids is 1. The molecule has 0 aliphatic rings. The maximum atomic E-state index is 10.1. The summed E-state index contributed by atoms with van der Waals surface area (Å²) in [6.07, 6.45) is 3.21. The molecule has 2 heteroatoms. The Bertz CT molecular complexity index is 251. The lowest BCUT2D eigenvalue weighted by atomic mass is 10.2. The molecule has 0 fully saturated rings. The molecule has 1 aromatic rings. The van der Waals surface area contributed by atoms with Gasteiger partial charge in [-0.1, -0.05) is 19.1 Å². The molecule has 1 aromatic carbocycles. The summed E-state index contributed by atoms with van der Waals surface area (Å²) in [7, 11) is 0. The standard InChI is InChI=1S/C11H13O2/c1-2-9-13-11-5-3-10(4-6-11)7-8-12/h3-6H,2,7,9H2,1H3. The molecule has 1 rings (SSSR count). The minimum atomic E-state index is 0.355. The Morgan fingerprint density at radius 1 is 1.31 bits per heavy atom. The van der Waals surface area contributed by atoms with Crippen LogP contribution >= 0.6 is 0 Å². The van der Waals surface area contributed by atoms with Crippen LogP contribution in [0.2, 0.25) is 0 Å². The van der Waals surface area contributed by atoms with E-state index in [0.29, 0.717) is 6.42 Å². The van der Waals surface area contributed by atoms with E-state index in [1.807, 2.05) is 30.6 Å². The molecule has 0 N–H and O–H groups in total. The van der Waals surface area contributed by atoms with Gasteiger partial charge in [-0.05, 0) is 24.1 Å². The molecule has 13 heavy (non-hydrogen) atoms. The van der Waals surface area contributed by atoms with Crippen molar-refractivity contribution < 1.29 is 9.53 Å². The molecule has 0 heterocycles. The average molecular weight is 177 g/mol. The molecule has 0 spiro atoms. The zero-order valence-electron chi connectivity index (χ0n) is 7.75. The Morgan fingerprint density at radius 3 is 2.54 bits per heavy atom. The van der Waals surface area contributed by atoms with Crippen molar-refractivity contribution in [2.24, 2.45) is 0 Å². The zero-order valence-corrected chi connectivity index (χ0v) is 7.75. The van der Waals surface area contributed by atoms with Gasteiger partial charge >= 0.3 is 0 Å². The van der Waals surface area contributed by atoms with Crippen molar-refractivity contribution in [3.63, 3.8) is 0 Å². The third-order valence-electron chi connectivity index (χ3n) is 1.67. The van der Waals surface area contributed by atoms with Gasteiger partial charge in [-0.25, -0.2) is 0 Å². The average Bonchev–Trinajstić information content (AvgIpc) is 2.17. The Labute approximate surface area is 78.5 Å². The van der Waals surface area contributed by atoms with Crippen LogP contribution < -0.4 is 4.74 Å². The van der Waals surface area contributed by atoms with Crippen molar-refractivity contribution >= 4 is 6.29 Å². The number of hydrogen-bond acceptors (Lipinski definition) is 2. The van der Waals surface area contributed by atoms with Gasteiger partial charge in [0, 0.05) is 6.42 Å². The summed E-state index contributed by atoms with van der Waals surface area (Å²) in [6.45, 7) is 2.80. The van der Waals surface area contributed by atoms with E-state index in [1.165, 1.54) is 0 Å². The molecule has 0 bridgehead atoms. The first-order valence-corrected chi connectivity index (χ1v) is 4.43. The fourth-order valence-electron chi connectivity index (χ4n) is 1.01. The first kappa shape index (κ1) is 9.78. The smallest absolute Gasteiger partial charge is 0.203 e. The molecule has 0 unspecified atom stereocenters. The molecule has 2 nitrogen and oxygen atoms in total. The van der Waals surface area contributed by atoms with Gasteiger partial charge in [0.1, 0.15) is 5.75 Å². The van der Waals surface area contributed by atoms with E-state index in [2.05, 4.69) is 6.92 Å². The van der Waals surface area contributed by atoms with Gasteiger partial charge in [0.05, 0.1) is 6.61 Å². The Morgan fingerprint density at radius 2 is 2.00 bits per heavy atom. The number of rotatable bonds is 5. The Hall–Kier alpha value is -1.31. The topological polar surface area (TPSA) is 26.3 Å². The summed E-state index contributed by atoms with van der Waals surface area (Å²) >= 11 is 0. The minimum absolute atomic E-state index is 0.355. The second-order valence-electron chi connectivity index (χ2n) is 2.81. The lowest BCUT2D eigenvalue weighted by molar-refractivity contribution is 0.317. The van der Waals surface area contributed by atoms with Crippen LogP contribution in [0.1, 0.15) is 18.9 Å². The number of ether oxygens (including phenoxy) is 1. The van der Waals surface area contributed by atoms with Gasteiger partial charge in [0.2, 0.25) is 6.29 Å². The van der Waals surface area contributed by atoms with Crippen molar-refractivity contribution in [2.75, 3.05) is 6.61 Å². The van der Waals surface area contributed by atoms with Crippen LogP contribution in [-0.2, 0) is 11.2 Å². The van der Waals surface area contributed by atoms with Crippen molar-refractivity contribution in [2.45, 2.75) is 19.8 Å². The van der Waals surface area contributed by atoms with Crippen LogP contribution in [0.4, 0.5) is 0 Å². The van der Waals surface area contributed by atoms with E-state index >= 15 is 0 Å². The first-order valence-electron chi connectivity index (χ1n) is 4.43. The summed E-state index contributed by atoms with van der Waals surface area (Å²) in [5.74, 6) is 0.858. The summed E-state index contributed by atoms with van der Waals surface area (Å²) in [6, 6.07) is 7.52. The monoisotopic (exact) mass is 177 g/mol. The van der Waals surface area contributed by atoms with Crippen LogP contribution in [0.15, 0.2) is 24.3 Å². The number of hydrogen-bond donors (Lipinski definition) is 0. The van der Waals surface area contributed by atoms with Crippen LogP contribution in [0.25, 0.3) is 0 Å². The van der Waals surface area contributed by atoms with Crippen molar-refractivity contribution in [1.82, 2.24) is 0 Å². The minimum Gasteiger partial charge on any atom is -0.494 e. The van der Waals surface area contributed by atoms with Gasteiger partial charge in [0.25, 0.3) is 0 Å². The molecule has 69 valence electrons. The van der Waals surface area contributed by atoms with E-state index in [4.69, 9.17) is 4.74 Å². The predicted octanol–water partition coefficient (Wildman–Crippen LogP) is 2.13. The molecular formula is C11H13O2. The van der Waals surface area contributed by atoms with E-state index in [9.17, 15) is 4.79 Å². The predicted molar refractivity (Wildman–Crippen MR) is 51.6 cm³/mol. The maximum Gasteiger partial charge on any atom is 0.203 e. The van der Waals surface area contributed by atoms with Crippen molar-refractivity contribution in [3.05, 3.63) is 29.8 Å². The largest absolute Gasteiger partial charge is 0.494 e. The second kappa shape index (κ2) is 5.36. The van der Waals surface area contributed by atoms with Crippen LogP contribution in [-0.4, -0.2) is 12.9 Å². The van der Waals surface area contributed by atoms with Crippen LogP contribution in [0, 0.1) is 0 Å². The molecule has 0 amide bonds. The highest BCUT2D eigenvalue weighted by atomic mass is 16.5. The van der Waals surface area contributed by atoms with Gasteiger partial charge in [-0.3, -0.25) is 4.79 Å². The quantitative estimate of drug-likeness (QED) is 0.688.